The van der Waals surface area contributed by atoms with Gasteiger partial charge in [-0.2, -0.15) is 5.10 Å². The van der Waals surface area contributed by atoms with E-state index in [2.05, 4.69) is 16.9 Å². The van der Waals surface area contributed by atoms with E-state index in [9.17, 15) is 4.79 Å². The third kappa shape index (κ3) is 10.7. The first-order valence-corrected chi connectivity index (χ1v) is 8.83. The van der Waals surface area contributed by atoms with Crippen LogP contribution in [0.3, 0.4) is 0 Å². The van der Waals surface area contributed by atoms with E-state index in [4.69, 9.17) is 22.3 Å². The van der Waals surface area contributed by atoms with Gasteiger partial charge >= 0.3 is 35.5 Å². The summed E-state index contributed by atoms with van der Waals surface area (Å²) in [5.41, 5.74) is 1.17. The van der Waals surface area contributed by atoms with E-state index in [0.29, 0.717) is 25.5 Å². The molecule has 0 spiro atoms. The summed E-state index contributed by atoms with van der Waals surface area (Å²) >= 11 is 0. The summed E-state index contributed by atoms with van der Waals surface area (Å²) in [6, 6.07) is 1.72. The number of rotatable bonds is 13. The van der Waals surface area contributed by atoms with Crippen molar-refractivity contribution in [1.82, 2.24) is 9.78 Å². The number of carbonyl (C=O) groups excluding carboxylic acids is 1. The molecule has 0 fully saturated rings. The molecule has 1 aromatic heterocycles. The van der Waals surface area contributed by atoms with E-state index in [-0.39, 0.29) is 37.0 Å². The Morgan fingerprint density at radius 3 is 2.35 bits per heavy atom. The summed E-state index contributed by atoms with van der Waals surface area (Å²) in [5.74, 6) is 4.87. The maximum absolute atomic E-state index is 12.1. The second-order valence-corrected chi connectivity index (χ2v) is 5.86. The second-order valence-electron chi connectivity index (χ2n) is 5.86. The SMILES string of the molecule is C#CCCCCCOCc1cc(C(=O)OCCCCCC#C)n(C)n1.[H-].[Na+]. The molecule has 1 aromatic rings. The van der Waals surface area contributed by atoms with E-state index in [1.807, 2.05) is 0 Å². The Hall–Kier alpha value is -1.24. The quantitative estimate of drug-likeness (QED) is 0.221. The Bertz CT molecular complexity index is 605. The molecule has 0 aliphatic rings. The maximum Gasteiger partial charge on any atom is 1.00 e. The Balaban J connectivity index is 0. The topological polar surface area (TPSA) is 53.4 Å². The van der Waals surface area contributed by atoms with Crippen LogP contribution in [0.2, 0.25) is 0 Å². The molecule has 0 aliphatic carbocycles. The third-order valence-corrected chi connectivity index (χ3v) is 3.70. The van der Waals surface area contributed by atoms with Crippen molar-refractivity contribution in [3.8, 4) is 24.7 Å². The summed E-state index contributed by atoms with van der Waals surface area (Å²) < 4.78 is 12.4. The van der Waals surface area contributed by atoms with Gasteiger partial charge in [-0.05, 0) is 38.2 Å². The molecule has 1 rings (SSSR count). The molecule has 0 unspecified atom stereocenters. The predicted octanol–water partition coefficient (Wildman–Crippen LogP) is 0.597. The summed E-state index contributed by atoms with van der Waals surface area (Å²) in [5, 5.41) is 4.29. The molecule has 26 heavy (non-hydrogen) atoms. The van der Waals surface area contributed by atoms with Crippen molar-refractivity contribution in [2.75, 3.05) is 13.2 Å². The fraction of sp³-hybridized carbons (Fsp3) is 0.600. The van der Waals surface area contributed by atoms with Crippen molar-refractivity contribution < 1.29 is 45.3 Å². The number of hydrogen-bond donors (Lipinski definition) is 0. The summed E-state index contributed by atoms with van der Waals surface area (Å²) in [7, 11) is 1.73. The predicted molar refractivity (Wildman–Crippen MR) is 98.9 cm³/mol. The molecule has 0 atom stereocenters. The van der Waals surface area contributed by atoms with Crippen LogP contribution in [0.5, 0.6) is 0 Å². The minimum atomic E-state index is -0.354. The van der Waals surface area contributed by atoms with Gasteiger partial charge in [0, 0.05) is 26.5 Å². The number of terminal acetylenes is 2. The molecule has 0 amide bonds. The Morgan fingerprint density at radius 2 is 1.73 bits per heavy atom. The van der Waals surface area contributed by atoms with Gasteiger partial charge in [0.2, 0.25) is 0 Å². The average molecular weight is 368 g/mol. The molecule has 0 bridgehead atoms. The number of hydrogen-bond acceptors (Lipinski definition) is 4. The largest absolute Gasteiger partial charge is 1.00 e. The molecule has 1 heterocycles. The second kappa shape index (κ2) is 16.0. The third-order valence-electron chi connectivity index (χ3n) is 3.70. The van der Waals surface area contributed by atoms with Crippen molar-refractivity contribution in [2.45, 2.75) is 58.0 Å². The Labute approximate surface area is 181 Å². The van der Waals surface area contributed by atoms with Crippen molar-refractivity contribution in [3.05, 3.63) is 17.5 Å². The Kier molecular flexibility index (Phi) is 15.2. The zero-order valence-electron chi connectivity index (χ0n) is 17.1. The average Bonchev–Trinajstić information content (AvgIpc) is 2.98. The molecule has 0 radical (unpaired) electrons. The molecule has 0 N–H and O–H groups in total. The number of aromatic nitrogens is 2. The fourth-order valence-electron chi connectivity index (χ4n) is 2.32. The van der Waals surface area contributed by atoms with Crippen LogP contribution in [-0.2, 0) is 23.1 Å². The maximum atomic E-state index is 12.1. The molecule has 0 saturated carbocycles. The van der Waals surface area contributed by atoms with Gasteiger partial charge in [0.25, 0.3) is 0 Å². The van der Waals surface area contributed by atoms with Gasteiger partial charge in [-0.3, -0.25) is 4.68 Å². The van der Waals surface area contributed by atoms with E-state index < -0.39 is 0 Å². The molecule has 0 saturated heterocycles. The number of unbranched alkanes of at least 4 members (excludes halogenated alkanes) is 6. The number of aryl methyl sites for hydroxylation is 1. The van der Waals surface area contributed by atoms with Gasteiger partial charge in [0.1, 0.15) is 5.69 Å². The van der Waals surface area contributed by atoms with Crippen molar-refractivity contribution >= 4 is 5.97 Å². The molecule has 5 nitrogen and oxygen atoms in total. The Morgan fingerprint density at radius 1 is 1.12 bits per heavy atom. The van der Waals surface area contributed by atoms with Crippen LogP contribution in [0.4, 0.5) is 0 Å². The van der Waals surface area contributed by atoms with Crippen LogP contribution >= 0.6 is 0 Å². The first kappa shape index (κ1) is 24.8. The van der Waals surface area contributed by atoms with Gasteiger partial charge in [0.05, 0.1) is 18.9 Å². The van der Waals surface area contributed by atoms with Gasteiger partial charge < -0.3 is 10.9 Å². The van der Waals surface area contributed by atoms with Crippen LogP contribution in [0, 0.1) is 24.7 Å². The number of carbonyl (C=O) groups is 1. The number of nitrogens with zero attached hydrogens (tertiary/aromatic N) is 2. The summed E-state index contributed by atoms with van der Waals surface area (Å²) in [6.45, 7) is 1.46. The van der Waals surface area contributed by atoms with Crippen LogP contribution in [0.1, 0.15) is 69.0 Å². The van der Waals surface area contributed by atoms with Crippen molar-refractivity contribution in [1.29, 1.82) is 0 Å². The van der Waals surface area contributed by atoms with E-state index in [0.717, 1.165) is 57.1 Å². The van der Waals surface area contributed by atoms with Gasteiger partial charge in [0.15, 0.2) is 0 Å². The minimum absolute atomic E-state index is 0. The van der Waals surface area contributed by atoms with Gasteiger partial charge in [-0.25, -0.2) is 4.79 Å². The molecule has 6 heteroatoms. The van der Waals surface area contributed by atoms with Crippen LogP contribution in [-0.4, -0.2) is 29.0 Å². The summed E-state index contributed by atoms with van der Waals surface area (Å²) in [4.78, 5) is 12.1. The first-order chi connectivity index (χ1) is 12.2. The van der Waals surface area contributed by atoms with Crippen LogP contribution in [0.15, 0.2) is 6.07 Å². The first-order valence-electron chi connectivity index (χ1n) is 8.83. The van der Waals surface area contributed by atoms with Crippen molar-refractivity contribution in [2.24, 2.45) is 7.05 Å². The van der Waals surface area contributed by atoms with Gasteiger partial charge in [-0.1, -0.05) is 6.42 Å². The molecular formula is C20H29N2NaO3. The van der Waals surface area contributed by atoms with E-state index in [1.165, 1.54) is 4.68 Å². The summed E-state index contributed by atoms with van der Waals surface area (Å²) in [6.07, 6.45) is 17.8. The molecular weight excluding hydrogens is 339 g/mol. The fourth-order valence-corrected chi connectivity index (χ4v) is 2.32. The zero-order valence-corrected chi connectivity index (χ0v) is 18.1. The van der Waals surface area contributed by atoms with Gasteiger partial charge in [-0.15, -0.1) is 24.7 Å². The number of ether oxygens (including phenoxy) is 2. The monoisotopic (exact) mass is 368 g/mol. The van der Waals surface area contributed by atoms with Crippen LogP contribution in [0.25, 0.3) is 0 Å². The number of esters is 1. The minimum Gasteiger partial charge on any atom is -1.00 e. The van der Waals surface area contributed by atoms with E-state index >= 15 is 0 Å². The van der Waals surface area contributed by atoms with E-state index in [1.54, 1.807) is 13.1 Å². The normalized spacial score (nSPS) is 9.81. The smallest absolute Gasteiger partial charge is 1.00 e. The zero-order chi connectivity index (χ0) is 18.3. The van der Waals surface area contributed by atoms with Crippen LogP contribution < -0.4 is 29.6 Å². The molecule has 0 aromatic carbocycles. The molecule has 138 valence electrons. The molecule has 0 aliphatic heterocycles. The van der Waals surface area contributed by atoms with Crippen molar-refractivity contribution in [3.63, 3.8) is 0 Å². The standard InChI is InChI=1S/C20H28N2O3.Na.H/c1-4-6-8-10-12-14-24-17-18-16-19(22(3)21-18)20(23)25-15-13-11-9-7-5-2;;/h1-2,16H,6-15,17H2,3H3;;/q;+1;-1.